The topological polar surface area (TPSA) is 29.5 Å². The summed E-state index contributed by atoms with van der Waals surface area (Å²) in [6, 6.07) is 32.3. The van der Waals surface area contributed by atoms with Crippen LogP contribution in [0.2, 0.25) is 0 Å². The van der Waals surface area contributed by atoms with E-state index in [0.29, 0.717) is 24.3 Å². The first-order valence-electron chi connectivity index (χ1n) is 11.7. The maximum atomic E-state index is 8.92. The second-order valence-electron chi connectivity index (χ2n) is 9.54. The zero-order chi connectivity index (χ0) is 22.9. The maximum absolute atomic E-state index is 8.92. The minimum Gasteiger partial charge on any atom is -1.00 e. The molecule has 0 aromatic heterocycles. The van der Waals surface area contributed by atoms with Crippen LogP contribution in [0, 0.1) is 11.3 Å². The van der Waals surface area contributed by atoms with E-state index >= 15 is 0 Å². The summed E-state index contributed by atoms with van der Waals surface area (Å²) in [5.41, 5.74) is 0.492. The first-order valence-corrected chi connectivity index (χ1v) is 13.6. The quantitative estimate of drug-likeness (QED) is 0.545. The van der Waals surface area contributed by atoms with Crippen molar-refractivity contribution in [2.75, 3.05) is 20.1 Å². The summed E-state index contributed by atoms with van der Waals surface area (Å²) in [5, 5.41) is 13.0. The molecule has 1 fully saturated rings. The maximum Gasteiger partial charge on any atom is 0.170 e. The number of halogens is 1. The molecule has 4 heteroatoms. The molecule has 1 aliphatic carbocycles. The number of ether oxygens (including phenoxy) is 1. The number of methoxy groups -OCH3 is 1. The van der Waals surface area contributed by atoms with Crippen LogP contribution in [0.1, 0.15) is 39.5 Å². The molecule has 0 bridgehead atoms. The van der Waals surface area contributed by atoms with E-state index in [9.17, 15) is 0 Å². The summed E-state index contributed by atoms with van der Waals surface area (Å²) in [4.78, 5) is 0. The van der Waals surface area contributed by atoms with Crippen LogP contribution in [-0.2, 0) is 4.74 Å². The number of benzene rings is 3. The lowest BCUT2D eigenvalue weighted by molar-refractivity contribution is -0.00000813. The molecule has 178 valence electrons. The van der Waals surface area contributed by atoms with Gasteiger partial charge in [-0.2, -0.15) is 0 Å². The standard InChI is InChI=1S/C20H20OP.C9H18O.ClH/c1-21-17-22(18-11-5-2-6-12-18,19-13-7-3-8-14-19)20-15-9-4-10-16-20;1-9(2)5-3-4-8(6-9)7-10;/h2-16H,17H2,1H3;8,10H,3-7H2,1-2H3;1H/q+1;;/p-1. The number of aliphatic hydroxyl groups excluding tert-OH is 1. The van der Waals surface area contributed by atoms with E-state index in [1.165, 1.54) is 41.6 Å². The monoisotopic (exact) mass is 484 g/mol. The first-order chi connectivity index (χ1) is 15.5. The first kappa shape index (κ1) is 27.5. The van der Waals surface area contributed by atoms with Gasteiger partial charge in [0.2, 0.25) is 0 Å². The van der Waals surface area contributed by atoms with Crippen molar-refractivity contribution in [1.82, 2.24) is 0 Å². The van der Waals surface area contributed by atoms with Gasteiger partial charge in [-0.25, -0.2) is 0 Å². The van der Waals surface area contributed by atoms with Crippen LogP contribution in [0.5, 0.6) is 0 Å². The van der Waals surface area contributed by atoms with Gasteiger partial charge in [0.15, 0.2) is 6.35 Å². The van der Waals surface area contributed by atoms with E-state index in [1.54, 1.807) is 7.11 Å². The van der Waals surface area contributed by atoms with E-state index in [2.05, 4.69) is 105 Å². The third kappa shape index (κ3) is 7.14. The van der Waals surface area contributed by atoms with Gasteiger partial charge in [-0.1, -0.05) is 74.9 Å². The van der Waals surface area contributed by atoms with Crippen molar-refractivity contribution in [3.05, 3.63) is 91.0 Å². The van der Waals surface area contributed by atoms with Gasteiger partial charge in [-0.05, 0) is 67.0 Å². The van der Waals surface area contributed by atoms with Crippen molar-refractivity contribution in [1.29, 1.82) is 0 Å². The predicted molar refractivity (Wildman–Crippen MR) is 140 cm³/mol. The molecule has 1 unspecified atom stereocenters. The summed E-state index contributed by atoms with van der Waals surface area (Å²) in [6.07, 6.45) is 5.80. The lowest BCUT2D eigenvalue weighted by atomic mass is 9.72. The molecule has 1 atom stereocenters. The Morgan fingerprint density at radius 3 is 1.55 bits per heavy atom. The van der Waals surface area contributed by atoms with Crippen LogP contribution in [0.25, 0.3) is 0 Å². The summed E-state index contributed by atoms with van der Waals surface area (Å²) in [6.45, 7) is 4.99. The van der Waals surface area contributed by atoms with Gasteiger partial charge in [0.05, 0.1) is 0 Å². The van der Waals surface area contributed by atoms with Gasteiger partial charge in [0.1, 0.15) is 23.2 Å². The van der Waals surface area contributed by atoms with Crippen molar-refractivity contribution in [2.24, 2.45) is 11.3 Å². The molecular weight excluding hydrogens is 447 g/mol. The molecule has 0 radical (unpaired) electrons. The van der Waals surface area contributed by atoms with Crippen molar-refractivity contribution in [2.45, 2.75) is 39.5 Å². The average Bonchev–Trinajstić information content (AvgIpc) is 2.84. The molecular formula is C29H38ClO2P. The van der Waals surface area contributed by atoms with Crippen LogP contribution < -0.4 is 28.3 Å². The number of hydrogen-bond acceptors (Lipinski definition) is 2. The fourth-order valence-corrected chi connectivity index (χ4v) is 8.69. The summed E-state index contributed by atoms with van der Waals surface area (Å²) in [7, 11) is 0.0197. The molecule has 33 heavy (non-hydrogen) atoms. The SMILES string of the molecule is CC1(C)CCCC(CO)C1.COC[P+](c1ccccc1)(c1ccccc1)c1ccccc1.[Cl-]. The highest BCUT2D eigenvalue weighted by atomic mass is 35.5. The van der Waals surface area contributed by atoms with Gasteiger partial charge in [-0.15, -0.1) is 0 Å². The van der Waals surface area contributed by atoms with E-state index in [0.717, 1.165) is 0 Å². The molecule has 4 rings (SSSR count). The van der Waals surface area contributed by atoms with Crippen molar-refractivity contribution >= 4 is 23.2 Å². The Morgan fingerprint density at radius 1 is 0.818 bits per heavy atom. The lowest BCUT2D eigenvalue weighted by Crippen LogP contribution is -3.00. The van der Waals surface area contributed by atoms with Gasteiger partial charge in [0.25, 0.3) is 0 Å². The van der Waals surface area contributed by atoms with Crippen LogP contribution >= 0.6 is 7.26 Å². The van der Waals surface area contributed by atoms with Gasteiger partial charge in [0, 0.05) is 13.7 Å². The molecule has 0 aliphatic heterocycles. The van der Waals surface area contributed by atoms with Crippen molar-refractivity contribution in [3.8, 4) is 0 Å². The third-order valence-electron chi connectivity index (χ3n) is 6.48. The second kappa shape index (κ2) is 13.3. The minimum atomic E-state index is -1.78. The Hall–Kier alpha value is -1.70. The van der Waals surface area contributed by atoms with E-state index in [-0.39, 0.29) is 12.4 Å². The lowest BCUT2D eigenvalue weighted by Gasteiger charge is -2.34. The average molecular weight is 485 g/mol. The second-order valence-corrected chi connectivity index (χ2v) is 13.0. The highest BCUT2D eigenvalue weighted by molar-refractivity contribution is 7.95. The fraction of sp³-hybridized carbons (Fsp3) is 0.379. The van der Waals surface area contributed by atoms with Crippen LogP contribution in [0.15, 0.2) is 91.0 Å². The van der Waals surface area contributed by atoms with Gasteiger partial charge >= 0.3 is 0 Å². The summed E-state index contributed by atoms with van der Waals surface area (Å²) < 4.78 is 5.72. The minimum absolute atomic E-state index is 0. The smallest absolute Gasteiger partial charge is 0.170 e. The van der Waals surface area contributed by atoms with Crippen LogP contribution in [0.4, 0.5) is 0 Å². The molecule has 3 aromatic carbocycles. The van der Waals surface area contributed by atoms with Crippen LogP contribution in [0.3, 0.4) is 0 Å². The zero-order valence-electron chi connectivity index (χ0n) is 20.2. The largest absolute Gasteiger partial charge is 1.00 e. The Morgan fingerprint density at radius 2 is 1.24 bits per heavy atom. The number of aliphatic hydroxyl groups is 1. The molecule has 3 aromatic rings. The Labute approximate surface area is 207 Å². The van der Waals surface area contributed by atoms with Crippen LogP contribution in [-0.4, -0.2) is 25.2 Å². The molecule has 1 saturated carbocycles. The molecule has 0 heterocycles. The van der Waals surface area contributed by atoms with Crippen molar-refractivity contribution < 1.29 is 22.3 Å². The van der Waals surface area contributed by atoms with E-state index in [1.807, 2.05) is 0 Å². The molecule has 1 N–H and O–H groups in total. The normalized spacial score (nSPS) is 17.3. The molecule has 0 amide bonds. The summed E-state index contributed by atoms with van der Waals surface area (Å²) in [5.74, 6) is 0.587. The predicted octanol–water partition coefficient (Wildman–Crippen LogP) is 2.78. The van der Waals surface area contributed by atoms with Crippen molar-refractivity contribution in [3.63, 3.8) is 0 Å². The van der Waals surface area contributed by atoms with Gasteiger partial charge < -0.3 is 22.3 Å². The van der Waals surface area contributed by atoms with E-state index in [4.69, 9.17) is 9.84 Å². The third-order valence-corrected chi connectivity index (χ3v) is 10.7. The number of rotatable bonds is 6. The summed E-state index contributed by atoms with van der Waals surface area (Å²) >= 11 is 0. The fourth-order valence-electron chi connectivity index (χ4n) is 4.92. The Balaban J connectivity index is 0.000000297. The van der Waals surface area contributed by atoms with Gasteiger partial charge in [-0.3, -0.25) is 0 Å². The zero-order valence-corrected chi connectivity index (χ0v) is 21.8. The molecule has 0 saturated heterocycles. The number of hydrogen-bond donors (Lipinski definition) is 1. The molecule has 2 nitrogen and oxygen atoms in total. The van der Waals surface area contributed by atoms with E-state index < -0.39 is 7.26 Å². The molecule has 0 spiro atoms. The highest BCUT2D eigenvalue weighted by Gasteiger charge is 2.45. The highest BCUT2D eigenvalue weighted by Crippen LogP contribution is 2.55. The Kier molecular flexibility index (Phi) is 11.1. The Bertz CT molecular complexity index is 819. The molecule has 1 aliphatic rings.